The van der Waals surface area contributed by atoms with Crippen LogP contribution in [0.5, 0.6) is 0 Å². The predicted molar refractivity (Wildman–Crippen MR) is 96.2 cm³/mol. The molecule has 25 heavy (non-hydrogen) atoms. The molecule has 1 fully saturated rings. The number of benzene rings is 1. The second-order valence-electron chi connectivity index (χ2n) is 6.35. The topological polar surface area (TPSA) is 77.2 Å². The lowest BCUT2D eigenvalue weighted by Crippen LogP contribution is -2.46. The van der Waals surface area contributed by atoms with E-state index in [0.717, 1.165) is 10.6 Å². The third-order valence-electron chi connectivity index (χ3n) is 4.74. The van der Waals surface area contributed by atoms with Crippen LogP contribution in [0.4, 0.5) is 9.52 Å². The number of nitrogens with two attached hydrogens (primary N) is 1. The molecule has 7 heteroatoms. The van der Waals surface area contributed by atoms with E-state index in [1.165, 1.54) is 17.4 Å². The Bertz CT molecular complexity index is 757. The van der Waals surface area contributed by atoms with Crippen molar-refractivity contribution in [1.29, 1.82) is 0 Å². The zero-order chi connectivity index (χ0) is 17.9. The highest BCUT2D eigenvalue weighted by Crippen LogP contribution is 2.32. The van der Waals surface area contributed by atoms with Gasteiger partial charge in [0.2, 0.25) is 5.91 Å². The highest BCUT2D eigenvalue weighted by molar-refractivity contribution is 7.15. The molecule has 0 unspecified atom stereocenters. The molecule has 134 valence electrons. The molecule has 1 aliphatic heterocycles. The van der Waals surface area contributed by atoms with E-state index in [9.17, 15) is 9.18 Å². The summed E-state index contributed by atoms with van der Waals surface area (Å²) in [5.41, 5.74) is 6.70. The van der Waals surface area contributed by atoms with Gasteiger partial charge in [-0.05, 0) is 31.4 Å². The molecule has 5 nitrogen and oxygen atoms in total. The second-order valence-corrected chi connectivity index (χ2v) is 7.43. The van der Waals surface area contributed by atoms with Gasteiger partial charge in [0.15, 0.2) is 5.13 Å². The molecule has 3 rings (SSSR count). The molecule has 1 amide bonds. The summed E-state index contributed by atoms with van der Waals surface area (Å²) < 4.78 is 19.2. The Balaban J connectivity index is 1.74. The van der Waals surface area contributed by atoms with E-state index >= 15 is 0 Å². The first kappa shape index (κ1) is 18.0. The maximum Gasteiger partial charge on any atom is 0.233 e. The number of ether oxygens (including phenoxy) is 1. The number of nitrogens with zero attached hydrogens (tertiary/aromatic N) is 1. The average molecular weight is 363 g/mol. The number of halogens is 1. The normalized spacial score (nSPS) is 16.6. The average Bonchev–Trinajstić information content (AvgIpc) is 2.96. The standard InChI is InChI=1S/C18H22FN3O2S/c1-12-15(10-13-4-2-3-5-14(13)19)25-17(21-12)22-16(23)18(11-20)6-8-24-9-7-18/h2-5H,6-11,20H2,1H3,(H,21,22,23). The molecule has 0 saturated carbocycles. The van der Waals surface area contributed by atoms with Gasteiger partial charge < -0.3 is 15.8 Å². The van der Waals surface area contributed by atoms with Crippen LogP contribution in [0.1, 0.15) is 29.0 Å². The van der Waals surface area contributed by atoms with Gasteiger partial charge >= 0.3 is 0 Å². The summed E-state index contributed by atoms with van der Waals surface area (Å²) >= 11 is 1.38. The number of anilines is 1. The number of aryl methyl sites for hydroxylation is 1. The summed E-state index contributed by atoms with van der Waals surface area (Å²) in [5.74, 6) is -0.338. The zero-order valence-corrected chi connectivity index (χ0v) is 15.0. The van der Waals surface area contributed by atoms with E-state index in [-0.39, 0.29) is 18.3 Å². The number of hydrogen-bond acceptors (Lipinski definition) is 5. The van der Waals surface area contributed by atoms with Crippen LogP contribution in [0.25, 0.3) is 0 Å². The fourth-order valence-electron chi connectivity index (χ4n) is 2.98. The summed E-state index contributed by atoms with van der Waals surface area (Å²) in [7, 11) is 0. The first-order valence-electron chi connectivity index (χ1n) is 8.33. The molecule has 1 aromatic heterocycles. The maximum atomic E-state index is 13.9. The molecule has 2 aromatic rings. The van der Waals surface area contributed by atoms with Gasteiger partial charge in [-0.3, -0.25) is 4.79 Å². The van der Waals surface area contributed by atoms with E-state index < -0.39 is 5.41 Å². The third kappa shape index (κ3) is 3.89. The van der Waals surface area contributed by atoms with Gasteiger partial charge in [0, 0.05) is 31.1 Å². The molecule has 1 aromatic carbocycles. The lowest BCUT2D eigenvalue weighted by Gasteiger charge is -2.34. The van der Waals surface area contributed by atoms with Crippen LogP contribution in [-0.2, 0) is 16.0 Å². The van der Waals surface area contributed by atoms with E-state index in [0.29, 0.717) is 43.2 Å². The van der Waals surface area contributed by atoms with Crippen molar-refractivity contribution in [1.82, 2.24) is 4.98 Å². The molecule has 1 saturated heterocycles. The Kier molecular flexibility index (Phi) is 5.46. The van der Waals surface area contributed by atoms with Crippen LogP contribution in [-0.4, -0.2) is 30.6 Å². The summed E-state index contributed by atoms with van der Waals surface area (Å²) in [5, 5.41) is 3.44. The van der Waals surface area contributed by atoms with Crippen LogP contribution in [0.15, 0.2) is 24.3 Å². The molecule has 0 aliphatic carbocycles. The number of carbonyl (C=O) groups excluding carboxylic acids is 1. The first-order valence-corrected chi connectivity index (χ1v) is 9.15. The number of thiazole rings is 1. The van der Waals surface area contributed by atoms with Crippen LogP contribution in [0, 0.1) is 18.2 Å². The van der Waals surface area contributed by atoms with Gasteiger partial charge in [-0.25, -0.2) is 9.37 Å². The van der Waals surface area contributed by atoms with Gasteiger partial charge in [0.05, 0.1) is 11.1 Å². The molecule has 0 bridgehead atoms. The fourth-order valence-corrected chi connectivity index (χ4v) is 3.96. The Hall–Kier alpha value is -1.83. The number of nitrogens with one attached hydrogen (secondary N) is 1. The maximum absolute atomic E-state index is 13.9. The molecule has 2 heterocycles. The largest absolute Gasteiger partial charge is 0.381 e. The van der Waals surface area contributed by atoms with E-state index in [4.69, 9.17) is 10.5 Å². The van der Waals surface area contributed by atoms with Gasteiger partial charge in [-0.1, -0.05) is 18.2 Å². The van der Waals surface area contributed by atoms with E-state index in [1.807, 2.05) is 13.0 Å². The number of rotatable bonds is 5. The Morgan fingerprint density at radius 2 is 2.12 bits per heavy atom. The molecule has 0 radical (unpaired) electrons. The molecule has 1 aliphatic rings. The monoisotopic (exact) mass is 363 g/mol. The van der Waals surface area contributed by atoms with Crippen molar-refractivity contribution in [3.8, 4) is 0 Å². The van der Waals surface area contributed by atoms with Crippen LogP contribution < -0.4 is 11.1 Å². The minimum Gasteiger partial charge on any atom is -0.381 e. The minimum absolute atomic E-state index is 0.107. The smallest absolute Gasteiger partial charge is 0.233 e. The SMILES string of the molecule is Cc1nc(NC(=O)C2(CN)CCOCC2)sc1Cc1ccccc1F. The molecule has 0 spiro atoms. The molecule has 0 atom stereocenters. The summed E-state index contributed by atoms with van der Waals surface area (Å²) in [6, 6.07) is 6.69. The Labute approximate surface area is 150 Å². The van der Waals surface area contributed by atoms with Crippen molar-refractivity contribution in [3.05, 3.63) is 46.2 Å². The summed E-state index contributed by atoms with van der Waals surface area (Å²) in [6.45, 7) is 3.24. The van der Waals surface area contributed by atoms with Crippen LogP contribution in [0.3, 0.4) is 0 Å². The van der Waals surface area contributed by atoms with Crippen LogP contribution in [0.2, 0.25) is 0 Å². The zero-order valence-electron chi connectivity index (χ0n) is 14.2. The van der Waals surface area contributed by atoms with Crippen molar-refractivity contribution >= 4 is 22.4 Å². The molecule has 3 N–H and O–H groups in total. The quantitative estimate of drug-likeness (QED) is 0.856. The number of amides is 1. The summed E-state index contributed by atoms with van der Waals surface area (Å²) in [6.07, 6.45) is 1.69. The number of hydrogen-bond donors (Lipinski definition) is 2. The minimum atomic E-state index is -0.594. The summed E-state index contributed by atoms with van der Waals surface area (Å²) in [4.78, 5) is 18.1. The molecular formula is C18H22FN3O2S. The van der Waals surface area contributed by atoms with Crippen molar-refractivity contribution < 1.29 is 13.9 Å². The van der Waals surface area contributed by atoms with E-state index in [2.05, 4.69) is 10.3 Å². The second kappa shape index (κ2) is 7.59. The lowest BCUT2D eigenvalue weighted by atomic mass is 9.79. The van der Waals surface area contributed by atoms with Crippen molar-refractivity contribution in [2.24, 2.45) is 11.1 Å². The van der Waals surface area contributed by atoms with Gasteiger partial charge in [0.25, 0.3) is 0 Å². The van der Waals surface area contributed by atoms with Crippen LogP contribution >= 0.6 is 11.3 Å². The number of carbonyl (C=O) groups is 1. The van der Waals surface area contributed by atoms with Crippen molar-refractivity contribution in [2.45, 2.75) is 26.2 Å². The van der Waals surface area contributed by atoms with Gasteiger partial charge in [-0.15, -0.1) is 11.3 Å². The predicted octanol–water partition coefficient (Wildman–Crippen LogP) is 2.88. The molecular weight excluding hydrogens is 341 g/mol. The number of aromatic nitrogens is 1. The highest BCUT2D eigenvalue weighted by atomic mass is 32.1. The third-order valence-corrected chi connectivity index (χ3v) is 5.82. The first-order chi connectivity index (χ1) is 12.0. The van der Waals surface area contributed by atoms with E-state index in [1.54, 1.807) is 12.1 Å². The van der Waals surface area contributed by atoms with Crippen molar-refractivity contribution in [3.63, 3.8) is 0 Å². The lowest BCUT2D eigenvalue weighted by molar-refractivity contribution is -0.130. The van der Waals surface area contributed by atoms with Crippen molar-refractivity contribution in [2.75, 3.05) is 25.1 Å². The Morgan fingerprint density at radius 3 is 2.80 bits per heavy atom. The fraction of sp³-hybridized carbons (Fsp3) is 0.444. The van der Waals surface area contributed by atoms with Gasteiger partial charge in [-0.2, -0.15) is 0 Å². The highest BCUT2D eigenvalue weighted by Gasteiger charge is 2.39. The Morgan fingerprint density at radius 1 is 1.40 bits per heavy atom. The van der Waals surface area contributed by atoms with Gasteiger partial charge in [0.1, 0.15) is 5.82 Å².